The Morgan fingerprint density at radius 2 is 2.39 bits per heavy atom. The number of nitrogens with zero attached hydrogens (tertiary/aromatic N) is 1. The number of rotatable bonds is 7. The van der Waals surface area contributed by atoms with Crippen molar-refractivity contribution in [1.29, 1.82) is 0 Å². The maximum absolute atomic E-state index is 11.5. The summed E-state index contributed by atoms with van der Waals surface area (Å²) < 4.78 is 5.33. The van der Waals surface area contributed by atoms with Crippen LogP contribution in [0.25, 0.3) is 0 Å². The molecule has 0 saturated carbocycles. The fourth-order valence-electron chi connectivity index (χ4n) is 1.35. The molecule has 0 aromatic carbocycles. The Kier molecular flexibility index (Phi) is 6.46. The molecule has 18 heavy (non-hydrogen) atoms. The number of carbonyl (C=O) groups excluding carboxylic acids is 1. The van der Waals surface area contributed by atoms with Crippen molar-refractivity contribution < 1.29 is 9.53 Å². The van der Waals surface area contributed by atoms with Crippen LogP contribution in [-0.4, -0.2) is 30.1 Å². The number of pyridine rings is 1. The van der Waals surface area contributed by atoms with Gasteiger partial charge in [0.2, 0.25) is 11.8 Å². The van der Waals surface area contributed by atoms with Crippen molar-refractivity contribution in [2.45, 2.75) is 25.8 Å². The highest BCUT2D eigenvalue weighted by molar-refractivity contribution is 6.30. The predicted octanol–water partition coefficient (Wildman–Crippen LogP) is 1.36. The molecule has 0 spiro atoms. The topological polar surface area (TPSA) is 77.2 Å². The number of carbonyl (C=O) groups is 1. The molecule has 1 heterocycles. The van der Waals surface area contributed by atoms with E-state index >= 15 is 0 Å². The largest absolute Gasteiger partial charge is 0.476 e. The minimum absolute atomic E-state index is 0.149. The predicted molar refractivity (Wildman–Crippen MR) is 70.6 cm³/mol. The van der Waals surface area contributed by atoms with Crippen LogP contribution in [0.5, 0.6) is 5.88 Å². The summed E-state index contributed by atoms with van der Waals surface area (Å²) in [5.41, 5.74) is 5.66. The molecule has 5 nitrogen and oxygen atoms in total. The number of nitrogens with two attached hydrogens (primary N) is 1. The molecule has 1 rings (SSSR count). The molecule has 1 unspecified atom stereocenters. The molecule has 1 aromatic heterocycles. The maximum Gasteiger partial charge on any atom is 0.237 e. The molecule has 100 valence electrons. The lowest BCUT2D eigenvalue weighted by atomic mass is 10.2. The molecule has 1 amide bonds. The van der Waals surface area contributed by atoms with Crippen molar-refractivity contribution in [3.05, 3.63) is 23.4 Å². The molecule has 0 aliphatic heterocycles. The van der Waals surface area contributed by atoms with Gasteiger partial charge in [0.15, 0.2) is 0 Å². The summed E-state index contributed by atoms with van der Waals surface area (Å²) in [6.07, 6.45) is 3.08. The molecule has 1 aromatic rings. The van der Waals surface area contributed by atoms with E-state index in [1.165, 1.54) is 6.20 Å². The summed E-state index contributed by atoms with van der Waals surface area (Å²) in [5, 5.41) is 3.26. The third kappa shape index (κ3) is 5.33. The van der Waals surface area contributed by atoms with Crippen LogP contribution in [0.2, 0.25) is 5.02 Å². The number of ether oxygens (including phenoxy) is 1. The molecule has 0 aliphatic rings. The minimum atomic E-state index is -0.441. The highest BCUT2D eigenvalue weighted by Gasteiger charge is 2.10. The summed E-state index contributed by atoms with van der Waals surface area (Å²) in [6.45, 7) is 2.74. The van der Waals surface area contributed by atoms with Crippen LogP contribution in [-0.2, 0) is 4.79 Å². The van der Waals surface area contributed by atoms with Crippen molar-refractivity contribution in [3.63, 3.8) is 0 Å². The van der Waals surface area contributed by atoms with Gasteiger partial charge in [-0.05, 0) is 12.5 Å². The highest BCUT2D eigenvalue weighted by atomic mass is 35.5. The molecule has 0 bridgehead atoms. The van der Waals surface area contributed by atoms with Gasteiger partial charge < -0.3 is 15.8 Å². The van der Waals surface area contributed by atoms with Crippen LogP contribution in [0, 0.1) is 0 Å². The third-order valence-electron chi connectivity index (χ3n) is 2.29. The molecule has 1 atom stereocenters. The van der Waals surface area contributed by atoms with E-state index in [1.54, 1.807) is 12.1 Å². The maximum atomic E-state index is 11.5. The van der Waals surface area contributed by atoms with Crippen LogP contribution in [0.4, 0.5) is 0 Å². The number of amides is 1. The van der Waals surface area contributed by atoms with Crippen molar-refractivity contribution in [1.82, 2.24) is 10.3 Å². The lowest BCUT2D eigenvalue weighted by Gasteiger charge is -2.11. The first-order valence-corrected chi connectivity index (χ1v) is 6.29. The Bertz CT molecular complexity index is 370. The highest BCUT2D eigenvalue weighted by Crippen LogP contribution is 2.10. The van der Waals surface area contributed by atoms with Crippen molar-refractivity contribution in [2.24, 2.45) is 5.73 Å². The molecule has 0 fully saturated rings. The van der Waals surface area contributed by atoms with E-state index in [0.29, 0.717) is 30.5 Å². The quantitative estimate of drug-likeness (QED) is 0.734. The zero-order valence-electron chi connectivity index (χ0n) is 10.4. The molecule has 0 aliphatic carbocycles. The Labute approximate surface area is 112 Å². The Hall–Kier alpha value is -1.33. The Morgan fingerprint density at radius 1 is 1.61 bits per heavy atom. The number of aromatic nitrogens is 1. The zero-order valence-corrected chi connectivity index (χ0v) is 11.1. The number of hydrogen-bond donors (Lipinski definition) is 2. The van der Waals surface area contributed by atoms with Crippen molar-refractivity contribution >= 4 is 17.5 Å². The second kappa shape index (κ2) is 7.89. The van der Waals surface area contributed by atoms with Crippen LogP contribution >= 0.6 is 11.6 Å². The van der Waals surface area contributed by atoms with Crippen LogP contribution in [0.1, 0.15) is 19.8 Å². The van der Waals surface area contributed by atoms with Crippen LogP contribution in [0.3, 0.4) is 0 Å². The first-order chi connectivity index (χ1) is 8.63. The molecule has 3 N–H and O–H groups in total. The van der Waals surface area contributed by atoms with Gasteiger partial charge in [-0.2, -0.15) is 0 Å². The van der Waals surface area contributed by atoms with Gasteiger partial charge in [0, 0.05) is 12.3 Å². The summed E-state index contributed by atoms with van der Waals surface area (Å²) in [5.74, 6) is 0.330. The number of halogens is 1. The lowest BCUT2D eigenvalue weighted by molar-refractivity contribution is -0.122. The normalized spacial score (nSPS) is 11.9. The van der Waals surface area contributed by atoms with Crippen molar-refractivity contribution in [3.8, 4) is 5.88 Å². The van der Waals surface area contributed by atoms with E-state index in [0.717, 1.165) is 6.42 Å². The molecule has 0 radical (unpaired) electrons. The zero-order chi connectivity index (χ0) is 13.4. The van der Waals surface area contributed by atoms with Gasteiger partial charge in [-0.1, -0.05) is 24.9 Å². The first kappa shape index (κ1) is 14.7. The Balaban J connectivity index is 2.18. The minimum Gasteiger partial charge on any atom is -0.476 e. The van der Waals surface area contributed by atoms with Gasteiger partial charge in [0.1, 0.15) is 6.61 Å². The van der Waals surface area contributed by atoms with Gasteiger partial charge in [-0.15, -0.1) is 0 Å². The monoisotopic (exact) mass is 271 g/mol. The summed E-state index contributed by atoms with van der Waals surface area (Å²) in [7, 11) is 0. The molecule has 0 saturated heterocycles. The second-order valence-electron chi connectivity index (χ2n) is 3.85. The average molecular weight is 272 g/mol. The smallest absolute Gasteiger partial charge is 0.237 e. The van der Waals surface area contributed by atoms with Gasteiger partial charge in [-0.25, -0.2) is 4.98 Å². The van der Waals surface area contributed by atoms with Crippen molar-refractivity contribution in [2.75, 3.05) is 13.2 Å². The Morgan fingerprint density at radius 3 is 3.00 bits per heavy atom. The number of hydrogen-bond acceptors (Lipinski definition) is 4. The van der Waals surface area contributed by atoms with Gasteiger partial charge in [0.05, 0.1) is 17.6 Å². The second-order valence-corrected chi connectivity index (χ2v) is 4.29. The summed E-state index contributed by atoms with van der Waals surface area (Å²) >= 11 is 5.69. The summed E-state index contributed by atoms with van der Waals surface area (Å²) in [4.78, 5) is 15.4. The van der Waals surface area contributed by atoms with E-state index in [4.69, 9.17) is 22.1 Å². The fraction of sp³-hybridized carbons (Fsp3) is 0.500. The van der Waals surface area contributed by atoms with Gasteiger partial charge in [0.25, 0.3) is 0 Å². The fourth-order valence-corrected chi connectivity index (χ4v) is 1.46. The van der Waals surface area contributed by atoms with E-state index < -0.39 is 6.04 Å². The summed E-state index contributed by atoms with van der Waals surface area (Å²) in [6, 6.07) is 2.93. The van der Waals surface area contributed by atoms with Crippen LogP contribution < -0.4 is 15.8 Å². The van der Waals surface area contributed by atoms with E-state index in [2.05, 4.69) is 10.3 Å². The number of nitrogens with one attached hydrogen (secondary N) is 1. The van der Waals surface area contributed by atoms with Gasteiger partial charge in [-0.3, -0.25) is 4.79 Å². The molecular formula is C12H18ClN3O2. The van der Waals surface area contributed by atoms with E-state index in [9.17, 15) is 4.79 Å². The first-order valence-electron chi connectivity index (χ1n) is 5.91. The third-order valence-corrected chi connectivity index (χ3v) is 2.51. The standard InChI is InChI=1S/C12H18ClN3O2/c1-2-3-10(14)12(17)15-6-7-18-11-5-4-9(13)8-16-11/h4-5,8,10H,2-3,6-7,14H2,1H3,(H,15,17). The van der Waals surface area contributed by atoms with E-state index in [-0.39, 0.29) is 5.91 Å². The van der Waals surface area contributed by atoms with E-state index in [1.807, 2.05) is 6.92 Å². The average Bonchev–Trinajstić information content (AvgIpc) is 2.36. The molecular weight excluding hydrogens is 254 g/mol. The van der Waals surface area contributed by atoms with Gasteiger partial charge >= 0.3 is 0 Å². The van der Waals surface area contributed by atoms with Crippen LogP contribution in [0.15, 0.2) is 18.3 Å². The lowest BCUT2D eigenvalue weighted by Crippen LogP contribution is -2.41. The SMILES string of the molecule is CCCC(N)C(=O)NCCOc1ccc(Cl)cn1. The molecule has 6 heteroatoms.